The molecule has 0 fully saturated rings. The van der Waals surface area contributed by atoms with Crippen LogP contribution in [0.4, 0.5) is 0 Å². The molecule has 0 amide bonds. The van der Waals surface area contributed by atoms with E-state index in [1.165, 1.54) is 154 Å². The third-order valence-electron chi connectivity index (χ3n) is 7.67. The van der Waals surface area contributed by atoms with E-state index in [-0.39, 0.29) is 5.97 Å². The minimum Gasteiger partial charge on any atom is -0.465 e. The zero-order chi connectivity index (χ0) is 25.8. The van der Waals surface area contributed by atoms with Gasteiger partial charge in [-0.15, -0.1) is 0 Å². The van der Waals surface area contributed by atoms with Crippen LogP contribution in [0.5, 0.6) is 0 Å². The zero-order valence-electron chi connectivity index (χ0n) is 24.3. The topological polar surface area (TPSA) is 26.3 Å². The number of rotatable bonds is 0. The Hall–Kier alpha value is -1.05. The van der Waals surface area contributed by atoms with Gasteiger partial charge in [0.15, 0.2) is 0 Å². The number of carbonyl (C=O) groups excluding carboxylic acids is 1. The van der Waals surface area contributed by atoms with Crippen molar-refractivity contribution in [1.29, 1.82) is 0 Å². The molecule has 1 aliphatic rings. The minimum absolute atomic E-state index is 0.0141. The van der Waals surface area contributed by atoms with Crippen LogP contribution in [-0.4, -0.2) is 12.6 Å². The highest BCUT2D eigenvalue weighted by Crippen LogP contribution is 2.15. The van der Waals surface area contributed by atoms with Gasteiger partial charge in [-0.05, 0) is 70.1 Å². The molecule has 1 aliphatic heterocycles. The highest BCUT2D eigenvalue weighted by atomic mass is 16.5. The molecular formula is C34H62O2. The van der Waals surface area contributed by atoms with E-state index in [1.54, 1.807) is 0 Å². The minimum atomic E-state index is 0.0141. The Morgan fingerprint density at radius 1 is 0.500 bits per heavy atom. The Balaban J connectivity index is 2.17. The summed E-state index contributed by atoms with van der Waals surface area (Å²) in [5, 5.41) is 0. The predicted octanol–water partition coefficient (Wildman–Crippen LogP) is 11.4. The van der Waals surface area contributed by atoms with Crippen LogP contribution >= 0.6 is 0 Å². The molecule has 0 saturated carbocycles. The number of esters is 1. The second-order valence-electron chi connectivity index (χ2n) is 11.5. The van der Waals surface area contributed by atoms with E-state index in [9.17, 15) is 4.79 Å². The third-order valence-corrected chi connectivity index (χ3v) is 7.67. The summed E-state index contributed by atoms with van der Waals surface area (Å²) in [5.41, 5.74) is 0. The lowest BCUT2D eigenvalue weighted by atomic mass is 10.0. The molecule has 0 spiro atoms. The van der Waals surface area contributed by atoms with E-state index in [0.717, 1.165) is 6.42 Å². The van der Waals surface area contributed by atoms with Gasteiger partial charge in [0.1, 0.15) is 0 Å². The van der Waals surface area contributed by atoms with Crippen LogP contribution in [0, 0.1) is 5.92 Å². The molecule has 0 aliphatic carbocycles. The number of ether oxygens (including phenoxy) is 1. The lowest BCUT2D eigenvalue weighted by molar-refractivity contribution is -0.145. The molecule has 1 unspecified atom stereocenters. The molecule has 36 heavy (non-hydrogen) atoms. The largest absolute Gasteiger partial charge is 0.465 e. The number of hydrogen-bond donors (Lipinski definition) is 0. The van der Waals surface area contributed by atoms with Gasteiger partial charge in [-0.2, -0.15) is 0 Å². The number of cyclic esters (lactones) is 1. The van der Waals surface area contributed by atoms with Gasteiger partial charge in [-0.1, -0.05) is 128 Å². The first-order valence-electron chi connectivity index (χ1n) is 16.2. The van der Waals surface area contributed by atoms with Gasteiger partial charge < -0.3 is 4.74 Å². The molecule has 1 heterocycles. The molecule has 0 N–H and O–H groups in total. The summed E-state index contributed by atoms with van der Waals surface area (Å²) in [7, 11) is 0. The van der Waals surface area contributed by atoms with Gasteiger partial charge in [0, 0.05) is 6.42 Å². The van der Waals surface area contributed by atoms with Crippen molar-refractivity contribution in [2.45, 2.75) is 174 Å². The third kappa shape index (κ3) is 24.6. The van der Waals surface area contributed by atoms with Gasteiger partial charge in [0.2, 0.25) is 0 Å². The number of carbonyl (C=O) groups is 1. The van der Waals surface area contributed by atoms with E-state index in [4.69, 9.17) is 4.74 Å². The SMILES string of the molecule is CC1CCCCC/C=C\CCCC/C=C\CCCCCCCCCCCCCCCCCC(=O)OC1. The van der Waals surface area contributed by atoms with Crippen molar-refractivity contribution < 1.29 is 9.53 Å². The average molecular weight is 503 g/mol. The van der Waals surface area contributed by atoms with E-state index < -0.39 is 0 Å². The van der Waals surface area contributed by atoms with Crippen LogP contribution in [0.3, 0.4) is 0 Å². The second kappa shape index (κ2) is 27.0. The molecule has 0 saturated heterocycles. The van der Waals surface area contributed by atoms with E-state index in [2.05, 4.69) is 31.2 Å². The first-order chi connectivity index (χ1) is 17.8. The first-order valence-corrected chi connectivity index (χ1v) is 16.2. The summed E-state index contributed by atoms with van der Waals surface area (Å²) in [4.78, 5) is 12.0. The number of allylic oxidation sites excluding steroid dienone is 4. The van der Waals surface area contributed by atoms with Crippen molar-refractivity contribution in [1.82, 2.24) is 0 Å². The summed E-state index contributed by atoms with van der Waals surface area (Å²) in [6.45, 7) is 2.82. The first kappa shape index (κ1) is 33.0. The molecule has 2 heteroatoms. The van der Waals surface area contributed by atoms with Crippen molar-refractivity contribution in [3.63, 3.8) is 0 Å². The van der Waals surface area contributed by atoms with Crippen molar-refractivity contribution in [2.24, 2.45) is 5.92 Å². The Morgan fingerprint density at radius 2 is 0.833 bits per heavy atom. The highest BCUT2D eigenvalue weighted by Gasteiger charge is 2.07. The molecule has 210 valence electrons. The summed E-state index contributed by atoms with van der Waals surface area (Å²) in [6.07, 6.45) is 43.1. The maximum atomic E-state index is 12.0. The smallest absolute Gasteiger partial charge is 0.305 e. The van der Waals surface area contributed by atoms with Crippen molar-refractivity contribution in [3.8, 4) is 0 Å². The van der Waals surface area contributed by atoms with Gasteiger partial charge in [-0.25, -0.2) is 0 Å². The van der Waals surface area contributed by atoms with Crippen molar-refractivity contribution in [2.75, 3.05) is 6.61 Å². The Labute approximate surface area is 226 Å². The highest BCUT2D eigenvalue weighted by molar-refractivity contribution is 5.69. The Kier molecular flexibility index (Phi) is 24.7. The van der Waals surface area contributed by atoms with E-state index >= 15 is 0 Å². The van der Waals surface area contributed by atoms with E-state index in [0.29, 0.717) is 18.9 Å². The molecule has 0 aromatic carbocycles. The summed E-state index contributed by atoms with van der Waals surface area (Å²) < 4.78 is 5.52. The fourth-order valence-corrected chi connectivity index (χ4v) is 5.15. The summed E-state index contributed by atoms with van der Waals surface area (Å²) in [6, 6.07) is 0. The van der Waals surface area contributed by atoms with Crippen LogP contribution in [0.1, 0.15) is 174 Å². The predicted molar refractivity (Wildman–Crippen MR) is 158 cm³/mol. The zero-order valence-corrected chi connectivity index (χ0v) is 24.3. The van der Waals surface area contributed by atoms with Gasteiger partial charge in [0.25, 0.3) is 0 Å². The fraction of sp³-hybridized carbons (Fsp3) is 0.853. The van der Waals surface area contributed by atoms with Crippen LogP contribution in [0.15, 0.2) is 24.3 Å². The second-order valence-corrected chi connectivity index (χ2v) is 11.5. The normalized spacial score (nSPS) is 26.1. The fourth-order valence-electron chi connectivity index (χ4n) is 5.15. The molecule has 0 aromatic heterocycles. The quantitative estimate of drug-likeness (QED) is 0.243. The van der Waals surface area contributed by atoms with Gasteiger partial charge in [-0.3, -0.25) is 4.79 Å². The maximum Gasteiger partial charge on any atom is 0.305 e. The molecule has 0 aromatic rings. The van der Waals surface area contributed by atoms with Crippen LogP contribution in [0.25, 0.3) is 0 Å². The molecule has 1 rings (SSSR count). The standard InChI is InChI=1S/C34H62O2/c1-33-30-28-26-24-22-20-18-16-14-12-10-8-6-4-2-3-5-7-9-11-13-15-17-19-21-23-25-27-29-31-34(35)36-32-33/h6,8,18,20,33H,2-5,7,9-17,19,21-32H2,1H3/b8-6-,20-18-. The lowest BCUT2D eigenvalue weighted by Gasteiger charge is -2.12. The summed E-state index contributed by atoms with van der Waals surface area (Å²) in [5.74, 6) is 0.501. The molecule has 1 atom stereocenters. The summed E-state index contributed by atoms with van der Waals surface area (Å²) >= 11 is 0. The monoisotopic (exact) mass is 502 g/mol. The van der Waals surface area contributed by atoms with Crippen molar-refractivity contribution in [3.05, 3.63) is 24.3 Å². The van der Waals surface area contributed by atoms with Crippen LogP contribution < -0.4 is 0 Å². The van der Waals surface area contributed by atoms with Gasteiger partial charge in [0.05, 0.1) is 6.61 Å². The number of hydrogen-bond acceptors (Lipinski definition) is 2. The molecular weight excluding hydrogens is 440 g/mol. The Bertz CT molecular complexity index is 521. The molecule has 0 radical (unpaired) electrons. The average Bonchev–Trinajstić information content (AvgIpc) is 2.88. The Morgan fingerprint density at radius 3 is 1.28 bits per heavy atom. The molecule has 2 nitrogen and oxygen atoms in total. The molecule has 0 bridgehead atoms. The van der Waals surface area contributed by atoms with Gasteiger partial charge >= 0.3 is 5.97 Å². The van der Waals surface area contributed by atoms with Crippen LogP contribution in [-0.2, 0) is 9.53 Å². The lowest BCUT2D eigenvalue weighted by Crippen LogP contribution is -2.11. The van der Waals surface area contributed by atoms with E-state index in [1.807, 2.05) is 0 Å². The maximum absolute atomic E-state index is 12.0. The van der Waals surface area contributed by atoms with Crippen molar-refractivity contribution >= 4 is 5.97 Å². The van der Waals surface area contributed by atoms with Crippen LogP contribution in [0.2, 0.25) is 0 Å².